The summed E-state index contributed by atoms with van der Waals surface area (Å²) >= 11 is 0. The van der Waals surface area contributed by atoms with E-state index in [1.54, 1.807) is 4.90 Å². The summed E-state index contributed by atoms with van der Waals surface area (Å²) in [5, 5.41) is 10.6. The molecule has 26 heavy (non-hydrogen) atoms. The number of hydrogen-bond acceptors (Lipinski definition) is 5. The highest BCUT2D eigenvalue weighted by atomic mass is 16.6. The molecule has 144 valence electrons. The van der Waals surface area contributed by atoms with Gasteiger partial charge in [-0.05, 0) is 45.6 Å². The van der Waals surface area contributed by atoms with E-state index in [2.05, 4.69) is 0 Å². The normalized spacial score (nSPS) is 21.8. The van der Waals surface area contributed by atoms with Crippen molar-refractivity contribution in [3.05, 3.63) is 35.9 Å². The summed E-state index contributed by atoms with van der Waals surface area (Å²) < 4.78 is 10.8. The molecule has 6 heteroatoms. The van der Waals surface area contributed by atoms with Crippen molar-refractivity contribution in [2.75, 3.05) is 6.54 Å². The summed E-state index contributed by atoms with van der Waals surface area (Å²) in [7, 11) is 0. The third-order valence-electron chi connectivity index (χ3n) is 4.30. The van der Waals surface area contributed by atoms with Gasteiger partial charge in [-0.2, -0.15) is 0 Å². The van der Waals surface area contributed by atoms with Crippen LogP contribution in [0.3, 0.4) is 0 Å². The lowest BCUT2D eigenvalue weighted by molar-refractivity contribution is -0.150. The fourth-order valence-corrected chi connectivity index (χ4v) is 3.18. The molecule has 0 spiro atoms. The zero-order valence-corrected chi connectivity index (χ0v) is 16.0. The molecule has 0 aromatic heterocycles. The summed E-state index contributed by atoms with van der Waals surface area (Å²) in [4.78, 5) is 25.5. The van der Waals surface area contributed by atoms with Crippen molar-refractivity contribution in [3.8, 4) is 0 Å². The Hall–Kier alpha value is -2.08. The van der Waals surface area contributed by atoms with Crippen LogP contribution in [0.4, 0.5) is 4.79 Å². The first-order valence-corrected chi connectivity index (χ1v) is 9.05. The standard InChI is InChI=1S/C20H29NO5/c1-14(22)25-17-11-10-16(12-18(23)15-8-6-5-7-9-15)21(13-17)19(24)26-20(2,3)4/h5-9,16-18,23H,10-13H2,1-4H3. The van der Waals surface area contributed by atoms with Gasteiger partial charge in [-0.25, -0.2) is 4.79 Å². The molecular weight excluding hydrogens is 334 g/mol. The number of aliphatic hydroxyl groups excluding tert-OH is 1. The highest BCUT2D eigenvalue weighted by Gasteiger charge is 2.36. The van der Waals surface area contributed by atoms with E-state index < -0.39 is 17.8 Å². The summed E-state index contributed by atoms with van der Waals surface area (Å²) in [6.45, 7) is 7.08. The molecular formula is C20H29NO5. The number of hydrogen-bond donors (Lipinski definition) is 1. The number of aliphatic hydroxyl groups is 1. The Labute approximate surface area is 155 Å². The second-order valence-corrected chi connectivity index (χ2v) is 7.76. The molecule has 0 saturated carbocycles. The van der Waals surface area contributed by atoms with Crippen molar-refractivity contribution in [1.82, 2.24) is 4.90 Å². The van der Waals surface area contributed by atoms with Gasteiger partial charge < -0.3 is 19.5 Å². The fourth-order valence-electron chi connectivity index (χ4n) is 3.18. The lowest BCUT2D eigenvalue weighted by Crippen LogP contribution is -2.51. The molecule has 3 unspecified atom stereocenters. The number of likely N-dealkylation sites (tertiary alicyclic amines) is 1. The maximum absolute atomic E-state index is 12.7. The molecule has 0 bridgehead atoms. The Morgan fingerprint density at radius 3 is 2.46 bits per heavy atom. The summed E-state index contributed by atoms with van der Waals surface area (Å²) in [5.74, 6) is -0.359. The molecule has 1 heterocycles. The number of benzene rings is 1. The van der Waals surface area contributed by atoms with Crippen molar-refractivity contribution in [2.24, 2.45) is 0 Å². The SMILES string of the molecule is CC(=O)OC1CCC(CC(O)c2ccccc2)N(C(=O)OC(C)(C)C)C1. The Balaban J connectivity index is 2.11. The molecule has 0 aliphatic carbocycles. The Kier molecular flexibility index (Phi) is 6.64. The molecule has 0 radical (unpaired) electrons. The monoisotopic (exact) mass is 363 g/mol. The third kappa shape index (κ3) is 6.02. The fraction of sp³-hybridized carbons (Fsp3) is 0.600. The zero-order chi connectivity index (χ0) is 19.3. The molecule has 1 fully saturated rings. The number of amides is 1. The number of piperidine rings is 1. The van der Waals surface area contributed by atoms with Crippen LogP contribution in [0, 0.1) is 0 Å². The Morgan fingerprint density at radius 1 is 1.23 bits per heavy atom. The van der Waals surface area contributed by atoms with E-state index in [9.17, 15) is 14.7 Å². The first-order valence-electron chi connectivity index (χ1n) is 9.05. The van der Waals surface area contributed by atoms with Crippen LogP contribution in [0.1, 0.15) is 58.6 Å². The molecule has 1 amide bonds. The van der Waals surface area contributed by atoms with Crippen molar-refractivity contribution in [2.45, 2.75) is 70.8 Å². The minimum atomic E-state index is -0.670. The third-order valence-corrected chi connectivity index (χ3v) is 4.30. The van der Waals surface area contributed by atoms with Crippen molar-refractivity contribution >= 4 is 12.1 Å². The van der Waals surface area contributed by atoms with Gasteiger partial charge in [0.05, 0.1) is 12.6 Å². The number of carbonyl (C=O) groups is 2. The minimum Gasteiger partial charge on any atom is -0.461 e. The summed E-state index contributed by atoms with van der Waals surface area (Å²) in [6, 6.07) is 9.21. The van der Waals surface area contributed by atoms with Gasteiger partial charge in [0, 0.05) is 13.0 Å². The van der Waals surface area contributed by atoms with Gasteiger partial charge >= 0.3 is 12.1 Å². The second kappa shape index (κ2) is 8.54. The molecule has 2 rings (SSSR count). The quantitative estimate of drug-likeness (QED) is 0.829. The van der Waals surface area contributed by atoms with E-state index >= 15 is 0 Å². The molecule has 1 aliphatic heterocycles. The lowest BCUT2D eigenvalue weighted by atomic mass is 9.93. The smallest absolute Gasteiger partial charge is 0.410 e. The van der Waals surface area contributed by atoms with Crippen molar-refractivity contribution in [1.29, 1.82) is 0 Å². The molecule has 1 aromatic carbocycles. The van der Waals surface area contributed by atoms with Gasteiger partial charge in [0.1, 0.15) is 11.7 Å². The Morgan fingerprint density at radius 2 is 1.88 bits per heavy atom. The maximum Gasteiger partial charge on any atom is 0.410 e. The predicted octanol–water partition coefficient (Wildman–Crippen LogP) is 3.44. The van der Waals surface area contributed by atoms with Crippen molar-refractivity contribution in [3.63, 3.8) is 0 Å². The maximum atomic E-state index is 12.7. The molecule has 6 nitrogen and oxygen atoms in total. The van der Waals surface area contributed by atoms with Gasteiger partial charge in [0.2, 0.25) is 0 Å². The van der Waals surface area contributed by atoms with E-state index in [0.29, 0.717) is 19.3 Å². The average Bonchev–Trinajstić information content (AvgIpc) is 2.55. The number of nitrogens with zero attached hydrogens (tertiary/aromatic N) is 1. The van der Waals surface area contributed by atoms with E-state index in [1.165, 1.54) is 6.92 Å². The zero-order valence-electron chi connectivity index (χ0n) is 16.0. The molecule has 1 saturated heterocycles. The summed E-state index contributed by atoms with van der Waals surface area (Å²) in [5.41, 5.74) is 0.201. The minimum absolute atomic E-state index is 0.174. The molecule has 3 atom stereocenters. The molecule has 1 N–H and O–H groups in total. The first-order chi connectivity index (χ1) is 12.2. The second-order valence-electron chi connectivity index (χ2n) is 7.76. The highest BCUT2D eigenvalue weighted by molar-refractivity contribution is 5.69. The van der Waals surface area contributed by atoms with Crippen LogP contribution >= 0.6 is 0 Å². The number of carbonyl (C=O) groups excluding carboxylic acids is 2. The highest BCUT2D eigenvalue weighted by Crippen LogP contribution is 2.29. The van der Waals surface area contributed by atoms with Crippen LogP contribution in [0.25, 0.3) is 0 Å². The van der Waals surface area contributed by atoms with Gasteiger partial charge in [-0.3, -0.25) is 4.79 Å². The molecule has 1 aliphatic rings. The van der Waals surface area contributed by atoms with E-state index in [0.717, 1.165) is 5.56 Å². The van der Waals surface area contributed by atoms with Gasteiger partial charge in [0.25, 0.3) is 0 Å². The van der Waals surface area contributed by atoms with Gasteiger partial charge in [-0.15, -0.1) is 0 Å². The van der Waals surface area contributed by atoms with Gasteiger partial charge in [-0.1, -0.05) is 30.3 Å². The van der Waals surface area contributed by atoms with Crippen LogP contribution in [0.5, 0.6) is 0 Å². The van der Waals surface area contributed by atoms with Crippen LogP contribution in [0.15, 0.2) is 30.3 Å². The van der Waals surface area contributed by atoms with Gasteiger partial charge in [0.15, 0.2) is 0 Å². The lowest BCUT2D eigenvalue weighted by Gasteiger charge is -2.40. The van der Waals surface area contributed by atoms with Crippen LogP contribution in [-0.2, 0) is 14.3 Å². The van der Waals surface area contributed by atoms with E-state index in [4.69, 9.17) is 9.47 Å². The van der Waals surface area contributed by atoms with E-state index in [-0.39, 0.29) is 24.7 Å². The average molecular weight is 363 g/mol. The van der Waals surface area contributed by atoms with Crippen molar-refractivity contribution < 1.29 is 24.2 Å². The number of rotatable bonds is 4. The van der Waals surface area contributed by atoms with E-state index in [1.807, 2.05) is 51.1 Å². The predicted molar refractivity (Wildman–Crippen MR) is 97.5 cm³/mol. The number of esters is 1. The Bertz CT molecular complexity index is 610. The van der Waals surface area contributed by atoms with Crippen LogP contribution in [-0.4, -0.2) is 46.4 Å². The van der Waals surface area contributed by atoms with Crippen LogP contribution < -0.4 is 0 Å². The largest absolute Gasteiger partial charge is 0.461 e. The molecule has 1 aromatic rings. The van der Waals surface area contributed by atoms with Crippen LogP contribution in [0.2, 0.25) is 0 Å². The topological polar surface area (TPSA) is 76.1 Å². The number of ether oxygens (including phenoxy) is 2. The summed E-state index contributed by atoms with van der Waals surface area (Å²) in [6.07, 6.45) is 0.253. The first kappa shape index (κ1) is 20.2.